The molecule has 0 aromatic rings. The average molecular weight is 447 g/mol. The van der Waals surface area contributed by atoms with Crippen molar-refractivity contribution in [2.75, 3.05) is 45.9 Å². The molecule has 32 heavy (non-hydrogen) atoms. The van der Waals surface area contributed by atoms with Crippen LogP contribution in [0.2, 0.25) is 0 Å². The highest BCUT2D eigenvalue weighted by Crippen LogP contribution is 2.45. The SMILES string of the molecule is C=C(C1CCC(C2CCC3CNN(CCO)C3C2)CC1)N1CCN(C(=O)C2(O)CC2)CC1. The molecule has 3 saturated carbocycles. The number of piperazine rings is 1. The Balaban J connectivity index is 1.07. The largest absolute Gasteiger partial charge is 0.395 e. The zero-order valence-electron chi connectivity index (χ0n) is 19.6. The first-order valence-corrected chi connectivity index (χ1v) is 13.0. The van der Waals surface area contributed by atoms with E-state index in [0.29, 0.717) is 37.9 Å². The lowest BCUT2D eigenvalue weighted by atomic mass is 9.67. The molecule has 180 valence electrons. The molecule has 3 aliphatic carbocycles. The number of carbonyl (C=O) groups is 1. The monoisotopic (exact) mass is 446 g/mol. The summed E-state index contributed by atoms with van der Waals surface area (Å²) in [6.07, 6.45) is 10.3. The van der Waals surface area contributed by atoms with E-state index in [9.17, 15) is 15.0 Å². The lowest BCUT2D eigenvalue weighted by molar-refractivity contribution is -0.144. The number of allylic oxidation sites excluding steroid dienone is 1. The van der Waals surface area contributed by atoms with E-state index >= 15 is 0 Å². The fourth-order valence-corrected chi connectivity index (χ4v) is 7.00. The summed E-state index contributed by atoms with van der Waals surface area (Å²) in [6, 6.07) is 0.612. The van der Waals surface area contributed by atoms with Crippen LogP contribution in [0, 0.1) is 23.7 Å². The van der Waals surface area contributed by atoms with Gasteiger partial charge in [0.1, 0.15) is 5.60 Å². The van der Waals surface area contributed by atoms with Gasteiger partial charge in [-0.05, 0) is 81.5 Å². The van der Waals surface area contributed by atoms with Crippen molar-refractivity contribution in [3.63, 3.8) is 0 Å². The second-order valence-electron chi connectivity index (χ2n) is 11.1. The second kappa shape index (κ2) is 9.24. The Labute approximate surface area is 192 Å². The Morgan fingerprint density at radius 3 is 2.22 bits per heavy atom. The van der Waals surface area contributed by atoms with E-state index in [2.05, 4.69) is 21.9 Å². The van der Waals surface area contributed by atoms with Crippen LogP contribution in [0.5, 0.6) is 0 Å². The van der Waals surface area contributed by atoms with E-state index in [0.717, 1.165) is 43.9 Å². The van der Waals surface area contributed by atoms with Gasteiger partial charge in [-0.25, -0.2) is 5.01 Å². The van der Waals surface area contributed by atoms with E-state index in [4.69, 9.17) is 0 Å². The smallest absolute Gasteiger partial charge is 0.254 e. The highest BCUT2D eigenvalue weighted by molar-refractivity contribution is 5.87. The Kier molecular flexibility index (Phi) is 6.54. The molecule has 3 atom stereocenters. The quantitative estimate of drug-likeness (QED) is 0.575. The lowest BCUT2D eigenvalue weighted by Crippen LogP contribution is -2.52. The number of β-amino-alcohol motifs (C(OH)–C–C–N with tert-alkyl or cyclic N) is 1. The molecule has 0 spiro atoms. The molecule has 0 aromatic carbocycles. The van der Waals surface area contributed by atoms with Gasteiger partial charge in [-0.3, -0.25) is 10.2 Å². The van der Waals surface area contributed by atoms with Crippen LogP contribution in [0.1, 0.15) is 57.8 Å². The Morgan fingerprint density at radius 2 is 1.56 bits per heavy atom. The van der Waals surface area contributed by atoms with Gasteiger partial charge in [-0.1, -0.05) is 6.58 Å². The van der Waals surface area contributed by atoms with E-state index in [1.54, 1.807) is 0 Å². The Bertz CT molecular complexity index is 695. The van der Waals surface area contributed by atoms with E-state index in [-0.39, 0.29) is 12.5 Å². The molecule has 5 rings (SSSR count). The topological polar surface area (TPSA) is 79.3 Å². The van der Waals surface area contributed by atoms with Gasteiger partial charge >= 0.3 is 0 Å². The molecule has 7 heteroatoms. The third-order valence-corrected chi connectivity index (χ3v) is 9.30. The number of amides is 1. The molecule has 0 aromatic heterocycles. The fraction of sp³-hybridized carbons (Fsp3) is 0.880. The average Bonchev–Trinajstić information content (AvgIpc) is 3.47. The third-order valence-electron chi connectivity index (χ3n) is 9.30. The molecule has 2 heterocycles. The molecular weight excluding hydrogens is 404 g/mol. The number of nitrogens with one attached hydrogen (secondary N) is 1. The Morgan fingerprint density at radius 1 is 0.938 bits per heavy atom. The summed E-state index contributed by atoms with van der Waals surface area (Å²) in [5.41, 5.74) is 3.76. The molecule has 3 N–H and O–H groups in total. The molecule has 0 bridgehead atoms. The summed E-state index contributed by atoms with van der Waals surface area (Å²) in [5, 5.41) is 21.8. The summed E-state index contributed by atoms with van der Waals surface area (Å²) in [6.45, 7) is 9.65. The highest BCUT2D eigenvalue weighted by Gasteiger charge is 2.50. The minimum atomic E-state index is -1.04. The van der Waals surface area contributed by atoms with Crippen LogP contribution in [-0.2, 0) is 4.79 Å². The van der Waals surface area contributed by atoms with Crippen LogP contribution in [0.3, 0.4) is 0 Å². The molecule has 7 nitrogen and oxygen atoms in total. The number of hydrogen-bond donors (Lipinski definition) is 3. The molecule has 0 radical (unpaired) electrons. The lowest BCUT2D eigenvalue weighted by Gasteiger charge is -2.43. The number of aliphatic hydroxyl groups excluding tert-OH is 1. The Hall–Kier alpha value is -1.15. The summed E-state index contributed by atoms with van der Waals surface area (Å²) in [7, 11) is 0. The van der Waals surface area contributed by atoms with Crippen molar-refractivity contribution in [1.29, 1.82) is 0 Å². The maximum Gasteiger partial charge on any atom is 0.254 e. The van der Waals surface area contributed by atoms with Gasteiger partial charge in [0, 0.05) is 51.0 Å². The molecule has 1 amide bonds. The van der Waals surface area contributed by atoms with Crippen LogP contribution < -0.4 is 5.43 Å². The summed E-state index contributed by atoms with van der Waals surface area (Å²) in [5.74, 6) is 2.95. The van der Waals surface area contributed by atoms with Crippen LogP contribution in [0.15, 0.2) is 12.3 Å². The molecule has 5 aliphatic rings. The van der Waals surface area contributed by atoms with Crippen molar-refractivity contribution >= 4 is 5.91 Å². The molecule has 2 saturated heterocycles. The first kappa shape index (κ1) is 22.6. The van der Waals surface area contributed by atoms with Crippen LogP contribution in [0.25, 0.3) is 0 Å². The minimum Gasteiger partial charge on any atom is -0.395 e. The first-order chi connectivity index (χ1) is 15.5. The normalized spacial score (nSPS) is 37.2. The van der Waals surface area contributed by atoms with Crippen molar-refractivity contribution in [3.8, 4) is 0 Å². The maximum absolute atomic E-state index is 12.4. The maximum atomic E-state index is 12.4. The number of aliphatic hydroxyl groups is 2. The second-order valence-corrected chi connectivity index (χ2v) is 11.1. The summed E-state index contributed by atoms with van der Waals surface area (Å²) in [4.78, 5) is 16.6. The van der Waals surface area contributed by atoms with Gasteiger partial charge in [0.15, 0.2) is 0 Å². The van der Waals surface area contributed by atoms with E-state index in [1.165, 1.54) is 50.6 Å². The van der Waals surface area contributed by atoms with Gasteiger partial charge in [0.25, 0.3) is 5.91 Å². The first-order valence-electron chi connectivity index (χ1n) is 13.0. The zero-order valence-corrected chi connectivity index (χ0v) is 19.6. The van der Waals surface area contributed by atoms with Gasteiger partial charge in [-0.2, -0.15) is 0 Å². The number of carbonyl (C=O) groups excluding carboxylic acids is 1. The minimum absolute atomic E-state index is 0.0620. The predicted octanol–water partition coefficient (Wildman–Crippen LogP) is 1.57. The fourth-order valence-electron chi connectivity index (χ4n) is 7.00. The van der Waals surface area contributed by atoms with Crippen molar-refractivity contribution in [2.45, 2.75) is 69.4 Å². The standard InChI is InChI=1S/C25H42N4O3/c1-18(27-10-12-28(13-11-27)24(31)25(32)8-9-25)19-2-4-20(5-3-19)21-6-7-22-17-26-29(14-15-30)23(22)16-21/h19-23,26,30,32H,1-17H2. The van der Waals surface area contributed by atoms with Gasteiger partial charge in [0.05, 0.1) is 6.61 Å². The number of hydrogen-bond acceptors (Lipinski definition) is 6. The summed E-state index contributed by atoms with van der Waals surface area (Å²) >= 11 is 0. The summed E-state index contributed by atoms with van der Waals surface area (Å²) < 4.78 is 0. The van der Waals surface area contributed by atoms with Crippen LogP contribution >= 0.6 is 0 Å². The van der Waals surface area contributed by atoms with Crippen molar-refractivity contribution in [2.24, 2.45) is 23.7 Å². The molecule has 2 aliphatic heterocycles. The molecular formula is C25H42N4O3. The van der Waals surface area contributed by atoms with Crippen LogP contribution in [-0.4, -0.2) is 88.4 Å². The van der Waals surface area contributed by atoms with E-state index < -0.39 is 5.60 Å². The number of hydrazine groups is 1. The molecule has 5 fully saturated rings. The third kappa shape index (κ3) is 4.46. The predicted molar refractivity (Wildman–Crippen MR) is 123 cm³/mol. The van der Waals surface area contributed by atoms with E-state index in [1.807, 2.05) is 4.90 Å². The number of fused-ring (bicyclic) bond motifs is 1. The van der Waals surface area contributed by atoms with Gasteiger partial charge < -0.3 is 20.0 Å². The van der Waals surface area contributed by atoms with Crippen molar-refractivity contribution < 1.29 is 15.0 Å². The number of nitrogens with zero attached hydrogens (tertiary/aromatic N) is 3. The highest BCUT2D eigenvalue weighted by atomic mass is 16.3. The zero-order chi connectivity index (χ0) is 22.3. The van der Waals surface area contributed by atoms with Gasteiger partial charge in [-0.15, -0.1) is 0 Å². The van der Waals surface area contributed by atoms with Crippen molar-refractivity contribution in [1.82, 2.24) is 20.2 Å². The molecule has 3 unspecified atom stereocenters. The van der Waals surface area contributed by atoms with Gasteiger partial charge in [0.2, 0.25) is 0 Å². The van der Waals surface area contributed by atoms with Crippen LogP contribution in [0.4, 0.5) is 0 Å². The van der Waals surface area contributed by atoms with Crippen molar-refractivity contribution in [3.05, 3.63) is 12.3 Å². The number of rotatable bonds is 6.